The molecule has 7 heteroatoms. The second-order valence-electron chi connectivity index (χ2n) is 3.54. The second-order valence-corrected chi connectivity index (χ2v) is 4.35. The molecule has 0 radical (unpaired) electrons. The molecule has 1 heterocycles. The standard InChI is InChI=1S/C11H9Cl2N3O2/c12-8-4-7(5-9(13)11(8)18)15-10(17)6-16-3-1-2-14-16/h1-5,18H,6H2,(H,15,17). The fourth-order valence-electron chi connectivity index (χ4n) is 1.38. The van der Waals surface area contributed by atoms with Gasteiger partial charge >= 0.3 is 0 Å². The van der Waals surface area contributed by atoms with Crippen LogP contribution < -0.4 is 5.32 Å². The first-order valence-corrected chi connectivity index (χ1v) is 5.77. The van der Waals surface area contributed by atoms with Crippen LogP contribution >= 0.6 is 23.2 Å². The van der Waals surface area contributed by atoms with Gasteiger partial charge in [0.25, 0.3) is 0 Å². The molecule has 1 amide bonds. The topological polar surface area (TPSA) is 67.2 Å². The minimum atomic E-state index is -0.267. The Morgan fingerprint density at radius 2 is 2.06 bits per heavy atom. The Morgan fingerprint density at radius 1 is 1.39 bits per heavy atom. The van der Waals surface area contributed by atoms with E-state index in [1.54, 1.807) is 18.5 Å². The number of nitrogens with one attached hydrogen (secondary N) is 1. The van der Waals surface area contributed by atoms with Crippen molar-refractivity contribution in [3.8, 4) is 5.75 Å². The summed E-state index contributed by atoms with van der Waals surface area (Å²) in [5.41, 5.74) is 0.417. The summed E-state index contributed by atoms with van der Waals surface area (Å²) in [6.45, 7) is 0.0864. The monoisotopic (exact) mass is 285 g/mol. The summed E-state index contributed by atoms with van der Waals surface area (Å²) in [5, 5.41) is 16.1. The van der Waals surface area contributed by atoms with Crippen LogP contribution in [0.1, 0.15) is 0 Å². The highest BCUT2D eigenvalue weighted by molar-refractivity contribution is 6.37. The molecule has 0 saturated heterocycles. The Labute approximate surface area is 113 Å². The molecule has 1 aromatic heterocycles. The number of halogens is 2. The van der Waals surface area contributed by atoms with E-state index in [2.05, 4.69) is 10.4 Å². The average Bonchev–Trinajstić information content (AvgIpc) is 2.78. The predicted octanol–water partition coefficient (Wildman–Crippen LogP) is 2.53. The Hall–Kier alpha value is -1.72. The zero-order valence-corrected chi connectivity index (χ0v) is 10.6. The zero-order valence-electron chi connectivity index (χ0n) is 9.10. The number of carbonyl (C=O) groups excluding carboxylic acids is 1. The van der Waals surface area contributed by atoms with E-state index in [4.69, 9.17) is 23.2 Å². The first kappa shape index (κ1) is 12.7. The number of benzene rings is 1. The summed E-state index contributed by atoms with van der Waals surface area (Å²) in [6.07, 6.45) is 3.26. The summed E-state index contributed by atoms with van der Waals surface area (Å²) < 4.78 is 1.49. The molecule has 0 aliphatic carbocycles. The number of nitrogens with zero attached hydrogens (tertiary/aromatic N) is 2. The molecular formula is C11H9Cl2N3O2. The minimum Gasteiger partial charge on any atom is -0.505 e. The fraction of sp³-hybridized carbons (Fsp3) is 0.0909. The smallest absolute Gasteiger partial charge is 0.246 e. The maximum atomic E-state index is 11.7. The van der Waals surface area contributed by atoms with Crippen LogP contribution in [0.5, 0.6) is 5.75 Å². The van der Waals surface area contributed by atoms with Gasteiger partial charge in [0.15, 0.2) is 5.75 Å². The van der Waals surface area contributed by atoms with Crippen LogP contribution in [-0.4, -0.2) is 20.8 Å². The van der Waals surface area contributed by atoms with E-state index in [0.29, 0.717) is 5.69 Å². The van der Waals surface area contributed by atoms with Gasteiger partial charge in [-0.3, -0.25) is 9.48 Å². The van der Waals surface area contributed by atoms with Crippen LogP contribution in [0, 0.1) is 0 Å². The number of amides is 1. The quantitative estimate of drug-likeness (QED) is 0.852. The molecule has 0 saturated carbocycles. The molecular weight excluding hydrogens is 277 g/mol. The number of rotatable bonds is 3. The number of hydrogen-bond donors (Lipinski definition) is 2. The van der Waals surface area contributed by atoms with Crippen LogP contribution in [-0.2, 0) is 11.3 Å². The van der Waals surface area contributed by atoms with Gasteiger partial charge in [-0.25, -0.2) is 0 Å². The third-order valence-electron chi connectivity index (χ3n) is 2.17. The normalized spacial score (nSPS) is 10.3. The molecule has 0 bridgehead atoms. The number of hydrogen-bond acceptors (Lipinski definition) is 3. The van der Waals surface area contributed by atoms with Crippen molar-refractivity contribution in [3.63, 3.8) is 0 Å². The first-order valence-electron chi connectivity index (χ1n) is 5.01. The van der Waals surface area contributed by atoms with E-state index in [1.807, 2.05) is 0 Å². The number of aromatic hydroxyl groups is 1. The molecule has 0 unspecified atom stereocenters. The van der Waals surface area contributed by atoms with E-state index in [-0.39, 0.29) is 28.2 Å². The van der Waals surface area contributed by atoms with Crippen LogP contribution in [0.2, 0.25) is 10.0 Å². The Balaban J connectivity index is 2.07. The molecule has 1 aromatic carbocycles. The molecule has 0 aliphatic heterocycles. The highest BCUT2D eigenvalue weighted by atomic mass is 35.5. The Morgan fingerprint density at radius 3 is 2.61 bits per heavy atom. The van der Waals surface area contributed by atoms with E-state index < -0.39 is 0 Å². The maximum absolute atomic E-state index is 11.7. The summed E-state index contributed by atoms with van der Waals surface area (Å²) in [5.74, 6) is -0.472. The summed E-state index contributed by atoms with van der Waals surface area (Å²) in [4.78, 5) is 11.7. The molecule has 94 valence electrons. The van der Waals surface area contributed by atoms with Crippen molar-refractivity contribution in [2.75, 3.05) is 5.32 Å². The van der Waals surface area contributed by atoms with E-state index in [1.165, 1.54) is 16.8 Å². The second kappa shape index (κ2) is 5.29. The van der Waals surface area contributed by atoms with Crippen LogP contribution in [0.25, 0.3) is 0 Å². The molecule has 5 nitrogen and oxygen atoms in total. The van der Waals surface area contributed by atoms with Gasteiger partial charge in [0.2, 0.25) is 5.91 Å². The summed E-state index contributed by atoms with van der Waals surface area (Å²) >= 11 is 11.5. The predicted molar refractivity (Wildman–Crippen MR) is 69.0 cm³/mol. The van der Waals surface area contributed by atoms with Crippen molar-refractivity contribution in [1.82, 2.24) is 9.78 Å². The van der Waals surface area contributed by atoms with Crippen molar-refractivity contribution >= 4 is 34.8 Å². The van der Waals surface area contributed by atoms with Gasteiger partial charge in [-0.05, 0) is 18.2 Å². The van der Waals surface area contributed by atoms with Crippen molar-refractivity contribution < 1.29 is 9.90 Å². The third-order valence-corrected chi connectivity index (χ3v) is 2.74. The highest BCUT2D eigenvalue weighted by Crippen LogP contribution is 2.34. The molecule has 2 aromatic rings. The Kier molecular flexibility index (Phi) is 3.74. The van der Waals surface area contributed by atoms with Gasteiger partial charge in [0, 0.05) is 18.1 Å². The van der Waals surface area contributed by atoms with Gasteiger partial charge < -0.3 is 10.4 Å². The fourth-order valence-corrected chi connectivity index (χ4v) is 1.87. The van der Waals surface area contributed by atoms with Gasteiger partial charge in [-0.15, -0.1) is 0 Å². The molecule has 2 N–H and O–H groups in total. The van der Waals surface area contributed by atoms with E-state index in [9.17, 15) is 9.90 Å². The van der Waals surface area contributed by atoms with Crippen LogP contribution in [0.4, 0.5) is 5.69 Å². The molecule has 0 fully saturated rings. The first-order chi connectivity index (χ1) is 8.56. The molecule has 0 atom stereocenters. The van der Waals surface area contributed by atoms with Crippen LogP contribution in [0.3, 0.4) is 0 Å². The van der Waals surface area contributed by atoms with E-state index in [0.717, 1.165) is 0 Å². The largest absolute Gasteiger partial charge is 0.505 e. The molecule has 18 heavy (non-hydrogen) atoms. The molecule has 2 rings (SSSR count). The zero-order chi connectivity index (χ0) is 13.1. The lowest BCUT2D eigenvalue weighted by atomic mass is 10.3. The number of phenolic OH excluding ortho intramolecular Hbond substituents is 1. The number of carbonyl (C=O) groups is 1. The number of aromatic nitrogens is 2. The van der Waals surface area contributed by atoms with Gasteiger partial charge in [-0.2, -0.15) is 5.10 Å². The number of phenols is 1. The average molecular weight is 286 g/mol. The van der Waals surface area contributed by atoms with Gasteiger partial charge in [-0.1, -0.05) is 23.2 Å². The van der Waals surface area contributed by atoms with Gasteiger partial charge in [0.05, 0.1) is 10.0 Å². The lowest BCUT2D eigenvalue weighted by Crippen LogP contribution is -2.18. The van der Waals surface area contributed by atoms with Crippen molar-refractivity contribution in [3.05, 3.63) is 40.6 Å². The van der Waals surface area contributed by atoms with E-state index >= 15 is 0 Å². The lowest BCUT2D eigenvalue weighted by molar-refractivity contribution is -0.116. The lowest BCUT2D eigenvalue weighted by Gasteiger charge is -2.07. The minimum absolute atomic E-state index is 0.0805. The maximum Gasteiger partial charge on any atom is 0.246 e. The van der Waals surface area contributed by atoms with Crippen molar-refractivity contribution in [2.24, 2.45) is 0 Å². The molecule has 0 aliphatic rings. The van der Waals surface area contributed by atoms with Crippen molar-refractivity contribution in [2.45, 2.75) is 6.54 Å². The third kappa shape index (κ3) is 2.94. The number of anilines is 1. The summed E-state index contributed by atoms with van der Waals surface area (Å²) in [6, 6.07) is 4.56. The summed E-state index contributed by atoms with van der Waals surface area (Å²) in [7, 11) is 0. The SMILES string of the molecule is O=C(Cn1cccn1)Nc1cc(Cl)c(O)c(Cl)c1. The Bertz CT molecular complexity index is 547. The van der Waals surface area contributed by atoms with Crippen molar-refractivity contribution in [1.29, 1.82) is 0 Å². The van der Waals surface area contributed by atoms with Gasteiger partial charge in [0.1, 0.15) is 6.54 Å². The highest BCUT2D eigenvalue weighted by Gasteiger charge is 2.09. The van der Waals surface area contributed by atoms with Crippen LogP contribution in [0.15, 0.2) is 30.6 Å². The molecule has 0 spiro atoms.